The molecule has 4 rings (SSSR count). The van der Waals surface area contributed by atoms with Crippen molar-refractivity contribution in [2.45, 2.75) is 25.6 Å². The van der Waals surface area contributed by atoms with Gasteiger partial charge in [-0.3, -0.25) is 10.3 Å². The van der Waals surface area contributed by atoms with Gasteiger partial charge in [-0.25, -0.2) is 0 Å². The third-order valence-corrected chi connectivity index (χ3v) is 6.22. The van der Waals surface area contributed by atoms with Gasteiger partial charge >= 0.3 is 0 Å². The van der Waals surface area contributed by atoms with Crippen LogP contribution in [0.2, 0.25) is 10.0 Å². The van der Waals surface area contributed by atoms with E-state index in [9.17, 15) is 5.11 Å². The van der Waals surface area contributed by atoms with Crippen molar-refractivity contribution in [3.8, 4) is 11.5 Å². The second kappa shape index (κ2) is 9.61. The molecule has 0 radical (unpaired) electrons. The Bertz CT molecular complexity index is 1120. The van der Waals surface area contributed by atoms with Crippen LogP contribution in [-0.4, -0.2) is 17.4 Å². The van der Waals surface area contributed by atoms with Crippen molar-refractivity contribution in [3.63, 3.8) is 0 Å². The minimum Gasteiger partial charge on any atom is -0.508 e. The number of phenols is 1. The fourth-order valence-electron chi connectivity index (χ4n) is 3.68. The largest absolute Gasteiger partial charge is 0.508 e. The van der Waals surface area contributed by atoms with Gasteiger partial charge in [-0.2, -0.15) is 0 Å². The number of aromatic hydroxyl groups is 1. The summed E-state index contributed by atoms with van der Waals surface area (Å²) in [6.45, 7) is 2.58. The molecule has 1 aliphatic heterocycles. The minimum atomic E-state index is -0.386. The predicted octanol–water partition coefficient (Wildman–Crippen LogP) is 7.08. The number of ether oxygens (including phenoxy) is 1. The summed E-state index contributed by atoms with van der Waals surface area (Å²) in [7, 11) is 0. The average Bonchev–Trinajstić information content (AvgIpc) is 2.76. The van der Waals surface area contributed by atoms with Gasteiger partial charge in [0.2, 0.25) is 0 Å². The number of hydrogen-bond acceptors (Lipinski definition) is 4. The zero-order chi connectivity index (χ0) is 22.0. The van der Waals surface area contributed by atoms with Gasteiger partial charge in [0.25, 0.3) is 0 Å². The molecule has 0 spiro atoms. The Balaban J connectivity index is 1.75. The molecule has 3 aromatic rings. The van der Waals surface area contributed by atoms with Gasteiger partial charge in [-0.15, -0.1) is 0 Å². The molecule has 3 aromatic carbocycles. The highest BCUT2D eigenvalue weighted by Crippen LogP contribution is 2.37. The van der Waals surface area contributed by atoms with Crippen molar-refractivity contribution in [2.75, 3.05) is 6.61 Å². The first-order valence-electron chi connectivity index (χ1n) is 9.94. The van der Waals surface area contributed by atoms with Crippen LogP contribution in [0, 0.1) is 0 Å². The van der Waals surface area contributed by atoms with E-state index >= 15 is 0 Å². The van der Waals surface area contributed by atoms with Gasteiger partial charge in [-0.05, 0) is 67.1 Å². The Hall–Kier alpha value is -2.05. The van der Waals surface area contributed by atoms with Crippen molar-refractivity contribution in [1.82, 2.24) is 5.32 Å². The highest BCUT2D eigenvalue weighted by atomic mass is 79.9. The van der Waals surface area contributed by atoms with E-state index in [0.717, 1.165) is 32.6 Å². The summed E-state index contributed by atoms with van der Waals surface area (Å²) >= 11 is 16.1. The molecule has 31 heavy (non-hydrogen) atoms. The third-order valence-electron chi connectivity index (χ3n) is 5.16. The Kier molecular flexibility index (Phi) is 6.87. The van der Waals surface area contributed by atoms with Crippen LogP contribution < -0.4 is 10.1 Å². The molecule has 2 atom stereocenters. The number of nitrogens with one attached hydrogen (secondary N) is 1. The van der Waals surface area contributed by atoms with Gasteiger partial charge in [0, 0.05) is 43.8 Å². The minimum absolute atomic E-state index is 0.159. The number of benzene rings is 3. The monoisotopic (exact) mass is 518 g/mol. The van der Waals surface area contributed by atoms with Crippen molar-refractivity contribution >= 4 is 44.8 Å². The SMILES string of the molecule is CCOc1ccc(C2=N[C@H](c3ccc(Cl)cc3Cl)N[C@@H](c3cc(Br)ccc3O)C2)cc1. The first-order chi connectivity index (χ1) is 14.9. The quantitative estimate of drug-likeness (QED) is 0.378. The van der Waals surface area contributed by atoms with Crippen LogP contribution in [0.5, 0.6) is 11.5 Å². The Morgan fingerprint density at radius 1 is 1.06 bits per heavy atom. The van der Waals surface area contributed by atoms with Crippen molar-refractivity contribution < 1.29 is 9.84 Å². The second-order valence-electron chi connectivity index (χ2n) is 7.23. The van der Waals surface area contributed by atoms with Gasteiger partial charge in [-0.1, -0.05) is 45.2 Å². The van der Waals surface area contributed by atoms with Gasteiger partial charge in [0.15, 0.2) is 0 Å². The standard InChI is InChI=1S/C24H21BrCl2N2O2/c1-2-31-17-7-3-14(4-8-17)21-13-22(19-11-15(25)5-10-23(19)30)29-24(28-21)18-9-6-16(26)12-20(18)27/h3-12,22,24,29-30H,2,13H2,1H3/t22-,24+/m1/s1. The van der Waals surface area contributed by atoms with E-state index in [4.69, 9.17) is 32.9 Å². The van der Waals surface area contributed by atoms with Crippen molar-refractivity contribution in [1.29, 1.82) is 0 Å². The van der Waals surface area contributed by atoms with Crippen molar-refractivity contribution in [3.05, 3.63) is 91.9 Å². The molecule has 4 nitrogen and oxygen atoms in total. The fourth-order valence-corrected chi connectivity index (χ4v) is 4.57. The van der Waals surface area contributed by atoms with E-state index in [1.807, 2.05) is 49.4 Å². The first kappa shape index (κ1) is 22.2. The molecule has 0 aromatic heterocycles. The first-order valence-corrected chi connectivity index (χ1v) is 11.5. The van der Waals surface area contributed by atoms with Crippen LogP contribution in [-0.2, 0) is 0 Å². The summed E-state index contributed by atoms with van der Waals surface area (Å²) in [4.78, 5) is 4.96. The van der Waals surface area contributed by atoms with Gasteiger partial charge < -0.3 is 9.84 Å². The summed E-state index contributed by atoms with van der Waals surface area (Å²) in [5.41, 5.74) is 3.54. The smallest absolute Gasteiger partial charge is 0.127 e. The van der Waals surface area contributed by atoms with E-state index in [0.29, 0.717) is 23.1 Å². The lowest BCUT2D eigenvalue weighted by molar-refractivity contribution is 0.340. The molecule has 0 aliphatic carbocycles. The Morgan fingerprint density at radius 2 is 1.84 bits per heavy atom. The maximum Gasteiger partial charge on any atom is 0.127 e. The molecule has 0 saturated carbocycles. The lowest BCUT2D eigenvalue weighted by Gasteiger charge is -2.31. The molecule has 1 aliphatic rings. The molecule has 0 bridgehead atoms. The predicted molar refractivity (Wildman–Crippen MR) is 130 cm³/mol. The highest BCUT2D eigenvalue weighted by Gasteiger charge is 2.29. The summed E-state index contributed by atoms with van der Waals surface area (Å²) in [5, 5.41) is 15.2. The highest BCUT2D eigenvalue weighted by molar-refractivity contribution is 9.10. The van der Waals surface area contributed by atoms with Gasteiger partial charge in [0.1, 0.15) is 17.7 Å². The second-order valence-corrected chi connectivity index (χ2v) is 8.99. The number of nitrogens with zero attached hydrogens (tertiary/aromatic N) is 1. The van der Waals surface area contributed by atoms with Crippen LogP contribution in [0.3, 0.4) is 0 Å². The Labute approximate surface area is 200 Å². The average molecular weight is 520 g/mol. The number of hydrogen-bond donors (Lipinski definition) is 2. The van der Waals surface area contributed by atoms with Crippen LogP contribution >= 0.6 is 39.1 Å². The van der Waals surface area contributed by atoms with E-state index in [-0.39, 0.29) is 18.0 Å². The summed E-state index contributed by atoms with van der Waals surface area (Å²) < 4.78 is 6.46. The molecule has 1 heterocycles. The molecule has 0 saturated heterocycles. The number of aliphatic imine (C=N–C) groups is 1. The van der Waals surface area contributed by atoms with E-state index in [2.05, 4.69) is 21.2 Å². The normalized spacial score (nSPS) is 18.5. The molecular weight excluding hydrogens is 499 g/mol. The molecule has 7 heteroatoms. The van der Waals surface area contributed by atoms with Crippen molar-refractivity contribution in [2.24, 2.45) is 4.99 Å². The van der Waals surface area contributed by atoms with E-state index in [1.54, 1.807) is 18.2 Å². The van der Waals surface area contributed by atoms with Gasteiger partial charge in [0.05, 0.1) is 6.61 Å². The molecule has 0 amide bonds. The molecule has 2 N–H and O–H groups in total. The van der Waals surface area contributed by atoms with Crippen LogP contribution in [0.25, 0.3) is 0 Å². The zero-order valence-corrected chi connectivity index (χ0v) is 19.9. The van der Waals surface area contributed by atoms with Crippen LogP contribution in [0.1, 0.15) is 42.2 Å². The maximum absolute atomic E-state index is 10.5. The maximum atomic E-state index is 10.5. The number of phenolic OH excluding ortho intramolecular Hbond substituents is 1. The lowest BCUT2D eigenvalue weighted by Crippen LogP contribution is -2.33. The Morgan fingerprint density at radius 3 is 2.55 bits per heavy atom. The molecule has 0 unspecified atom stereocenters. The fraction of sp³-hybridized carbons (Fsp3) is 0.208. The summed E-state index contributed by atoms with van der Waals surface area (Å²) in [6, 6.07) is 18.6. The molecule has 0 fully saturated rings. The third kappa shape index (κ3) is 5.07. The summed E-state index contributed by atoms with van der Waals surface area (Å²) in [6.07, 6.45) is 0.225. The molecule has 160 valence electrons. The van der Waals surface area contributed by atoms with E-state index in [1.165, 1.54) is 0 Å². The zero-order valence-electron chi connectivity index (χ0n) is 16.8. The topological polar surface area (TPSA) is 53.8 Å². The molecular formula is C24H21BrCl2N2O2. The van der Waals surface area contributed by atoms with E-state index < -0.39 is 0 Å². The summed E-state index contributed by atoms with van der Waals surface area (Å²) in [5.74, 6) is 1.05. The number of rotatable bonds is 5. The van der Waals surface area contributed by atoms with Crippen LogP contribution in [0.15, 0.2) is 70.1 Å². The van der Waals surface area contributed by atoms with Crippen LogP contribution in [0.4, 0.5) is 0 Å². The number of halogens is 3. The lowest BCUT2D eigenvalue weighted by atomic mass is 9.93.